The predicted molar refractivity (Wildman–Crippen MR) is 87.3 cm³/mol. The summed E-state index contributed by atoms with van der Waals surface area (Å²) in [7, 11) is 0. The molecule has 1 aliphatic rings. The third kappa shape index (κ3) is 4.31. The van der Waals surface area contributed by atoms with Gasteiger partial charge in [0.15, 0.2) is 0 Å². The van der Waals surface area contributed by atoms with Crippen LogP contribution in [0.2, 0.25) is 0 Å². The van der Waals surface area contributed by atoms with E-state index in [2.05, 4.69) is 20.8 Å². The third-order valence-electron chi connectivity index (χ3n) is 3.49. The number of rotatable bonds is 5. The van der Waals surface area contributed by atoms with Crippen LogP contribution >= 0.6 is 0 Å². The maximum atomic E-state index is 12.1. The lowest BCUT2D eigenvalue weighted by Gasteiger charge is -2.20. The predicted octanol–water partition coefficient (Wildman–Crippen LogP) is 3.09. The van der Waals surface area contributed by atoms with Crippen LogP contribution in [0.15, 0.2) is 28.7 Å². The van der Waals surface area contributed by atoms with E-state index in [0.29, 0.717) is 23.9 Å². The van der Waals surface area contributed by atoms with Gasteiger partial charge in [-0.2, -0.15) is 0 Å². The second-order valence-corrected chi connectivity index (χ2v) is 6.94. The van der Waals surface area contributed by atoms with Gasteiger partial charge in [-0.15, -0.1) is 10.2 Å². The molecule has 1 saturated carbocycles. The molecule has 1 heterocycles. The van der Waals surface area contributed by atoms with E-state index in [-0.39, 0.29) is 11.4 Å². The Bertz CT molecular complexity index is 681. The van der Waals surface area contributed by atoms with Crippen LogP contribution in [-0.2, 0) is 6.54 Å². The Morgan fingerprint density at radius 1 is 1.22 bits per heavy atom. The minimum atomic E-state index is -0.245. The fourth-order valence-electron chi connectivity index (χ4n) is 2.16. The van der Waals surface area contributed by atoms with E-state index < -0.39 is 0 Å². The summed E-state index contributed by atoms with van der Waals surface area (Å²) in [6, 6.07) is 7.34. The molecule has 0 atom stereocenters. The zero-order valence-electron chi connectivity index (χ0n) is 13.7. The van der Waals surface area contributed by atoms with E-state index in [9.17, 15) is 4.79 Å². The van der Waals surface area contributed by atoms with Gasteiger partial charge < -0.3 is 15.1 Å². The van der Waals surface area contributed by atoms with Crippen LogP contribution in [0.3, 0.4) is 0 Å². The van der Waals surface area contributed by atoms with Gasteiger partial charge in [-0.3, -0.25) is 4.79 Å². The van der Waals surface area contributed by atoms with Crippen LogP contribution in [0.1, 0.15) is 61.7 Å². The van der Waals surface area contributed by atoms with E-state index >= 15 is 0 Å². The van der Waals surface area contributed by atoms with Crippen molar-refractivity contribution in [2.24, 2.45) is 0 Å². The van der Waals surface area contributed by atoms with Gasteiger partial charge in [-0.1, -0.05) is 0 Å². The number of nitrogens with one attached hydrogen (secondary N) is 2. The molecule has 6 nitrogen and oxygen atoms in total. The Morgan fingerprint density at radius 2 is 1.91 bits per heavy atom. The third-order valence-corrected chi connectivity index (χ3v) is 3.49. The molecule has 0 radical (unpaired) electrons. The summed E-state index contributed by atoms with van der Waals surface area (Å²) >= 11 is 0. The van der Waals surface area contributed by atoms with Crippen molar-refractivity contribution in [1.82, 2.24) is 15.5 Å². The molecule has 2 aromatic rings. The number of anilines is 1. The number of benzene rings is 1. The van der Waals surface area contributed by atoms with Gasteiger partial charge in [0.1, 0.15) is 0 Å². The summed E-state index contributed by atoms with van der Waals surface area (Å²) in [4.78, 5) is 12.1. The highest BCUT2D eigenvalue weighted by atomic mass is 16.4. The molecule has 1 aromatic heterocycles. The number of aromatic nitrogens is 2. The average molecular weight is 314 g/mol. The number of carbonyl (C=O) groups is 1. The first-order valence-electron chi connectivity index (χ1n) is 7.89. The number of hydrogen-bond acceptors (Lipinski definition) is 5. The Labute approximate surface area is 135 Å². The van der Waals surface area contributed by atoms with Gasteiger partial charge in [0.05, 0.1) is 6.54 Å². The van der Waals surface area contributed by atoms with E-state index in [1.807, 2.05) is 32.9 Å². The highest BCUT2D eigenvalue weighted by molar-refractivity contribution is 5.94. The maximum absolute atomic E-state index is 12.1. The summed E-state index contributed by atoms with van der Waals surface area (Å²) in [6.45, 7) is 6.36. The first-order chi connectivity index (χ1) is 10.9. The van der Waals surface area contributed by atoms with Crippen molar-refractivity contribution in [1.29, 1.82) is 0 Å². The molecule has 0 spiro atoms. The van der Waals surface area contributed by atoms with Crippen LogP contribution in [0.5, 0.6) is 0 Å². The average Bonchev–Trinajstić information content (AvgIpc) is 3.23. The first-order valence-corrected chi connectivity index (χ1v) is 7.89. The van der Waals surface area contributed by atoms with Crippen LogP contribution in [0.25, 0.3) is 0 Å². The Kier molecular flexibility index (Phi) is 4.07. The molecule has 1 aliphatic carbocycles. The molecule has 1 fully saturated rings. The number of hydrogen-bond donors (Lipinski definition) is 2. The molecule has 3 rings (SSSR count). The van der Waals surface area contributed by atoms with Crippen LogP contribution in [0, 0.1) is 0 Å². The fraction of sp³-hybridized carbons (Fsp3) is 0.471. The van der Waals surface area contributed by atoms with Crippen LogP contribution in [-0.4, -0.2) is 21.6 Å². The number of carbonyl (C=O) groups excluding carboxylic acids is 1. The molecule has 1 aromatic carbocycles. The summed E-state index contributed by atoms with van der Waals surface area (Å²) in [5, 5.41) is 14.2. The Morgan fingerprint density at radius 3 is 2.52 bits per heavy atom. The lowest BCUT2D eigenvalue weighted by Crippen LogP contribution is -2.40. The van der Waals surface area contributed by atoms with E-state index in [4.69, 9.17) is 4.42 Å². The smallest absolute Gasteiger partial charge is 0.251 e. The molecule has 6 heteroatoms. The van der Waals surface area contributed by atoms with Gasteiger partial charge in [-0.25, -0.2) is 0 Å². The van der Waals surface area contributed by atoms with Crippen LogP contribution < -0.4 is 10.6 Å². The van der Waals surface area contributed by atoms with Crippen molar-refractivity contribution in [3.63, 3.8) is 0 Å². The van der Waals surface area contributed by atoms with Crippen molar-refractivity contribution in [2.75, 3.05) is 5.32 Å². The zero-order valence-corrected chi connectivity index (χ0v) is 13.7. The molecule has 122 valence electrons. The second kappa shape index (κ2) is 6.02. The first kappa shape index (κ1) is 15.5. The summed E-state index contributed by atoms with van der Waals surface area (Å²) in [5.74, 6) is 1.73. The normalized spacial score (nSPS) is 14.6. The summed E-state index contributed by atoms with van der Waals surface area (Å²) in [6.07, 6.45) is 2.29. The van der Waals surface area contributed by atoms with Crippen molar-refractivity contribution >= 4 is 11.6 Å². The van der Waals surface area contributed by atoms with Gasteiger partial charge in [-0.05, 0) is 57.9 Å². The molecule has 0 saturated heterocycles. The molecule has 2 N–H and O–H groups in total. The standard InChI is InChI=1S/C17H22N4O2/c1-17(2,3)19-15(22)11-6-8-13(9-7-11)18-10-14-20-21-16(23-14)12-4-5-12/h6-9,12,18H,4-5,10H2,1-3H3,(H,19,22). The molecule has 0 unspecified atom stereocenters. The van der Waals surface area contributed by atoms with Gasteiger partial charge >= 0.3 is 0 Å². The Hall–Kier alpha value is -2.37. The topological polar surface area (TPSA) is 80.0 Å². The second-order valence-electron chi connectivity index (χ2n) is 6.94. The van der Waals surface area contributed by atoms with E-state index in [1.165, 1.54) is 0 Å². The van der Waals surface area contributed by atoms with E-state index in [0.717, 1.165) is 24.4 Å². The molecule has 0 aliphatic heterocycles. The van der Waals surface area contributed by atoms with E-state index in [1.54, 1.807) is 12.1 Å². The molecule has 0 bridgehead atoms. The minimum absolute atomic E-state index is 0.0740. The van der Waals surface area contributed by atoms with Gasteiger partial charge in [0.2, 0.25) is 11.8 Å². The molecule has 23 heavy (non-hydrogen) atoms. The molecular weight excluding hydrogens is 292 g/mol. The quantitative estimate of drug-likeness (QED) is 0.886. The van der Waals surface area contributed by atoms with Crippen molar-refractivity contribution < 1.29 is 9.21 Å². The molecule has 1 amide bonds. The van der Waals surface area contributed by atoms with Crippen LogP contribution in [0.4, 0.5) is 5.69 Å². The lowest BCUT2D eigenvalue weighted by atomic mass is 10.1. The zero-order chi connectivity index (χ0) is 16.4. The monoisotopic (exact) mass is 314 g/mol. The number of nitrogens with zero attached hydrogens (tertiary/aromatic N) is 2. The SMILES string of the molecule is CC(C)(C)NC(=O)c1ccc(NCc2nnc(C3CC3)o2)cc1. The van der Waals surface area contributed by atoms with Crippen molar-refractivity contribution in [2.45, 2.75) is 51.6 Å². The summed E-state index contributed by atoms with van der Waals surface area (Å²) in [5.41, 5.74) is 1.30. The largest absolute Gasteiger partial charge is 0.423 e. The Balaban J connectivity index is 1.55. The fourth-order valence-corrected chi connectivity index (χ4v) is 2.16. The van der Waals surface area contributed by atoms with Gasteiger partial charge in [0, 0.05) is 22.7 Å². The maximum Gasteiger partial charge on any atom is 0.251 e. The highest BCUT2D eigenvalue weighted by Crippen LogP contribution is 2.39. The highest BCUT2D eigenvalue weighted by Gasteiger charge is 2.29. The summed E-state index contributed by atoms with van der Waals surface area (Å²) < 4.78 is 5.60. The lowest BCUT2D eigenvalue weighted by molar-refractivity contribution is 0.0919. The minimum Gasteiger partial charge on any atom is -0.423 e. The van der Waals surface area contributed by atoms with Crippen molar-refractivity contribution in [3.8, 4) is 0 Å². The van der Waals surface area contributed by atoms with Gasteiger partial charge in [0.25, 0.3) is 5.91 Å². The number of amides is 1. The van der Waals surface area contributed by atoms with Crippen molar-refractivity contribution in [3.05, 3.63) is 41.6 Å². The molecular formula is C17H22N4O2.